The maximum atomic E-state index is 4.56. The van der Waals surface area contributed by atoms with Crippen molar-refractivity contribution in [2.24, 2.45) is 11.3 Å². The Bertz CT molecular complexity index is 393. The minimum absolute atomic E-state index is 0.366. The summed E-state index contributed by atoms with van der Waals surface area (Å²) in [5.41, 5.74) is 2.91. The van der Waals surface area contributed by atoms with Gasteiger partial charge in [-0.15, -0.1) is 0 Å². The molecule has 1 aromatic rings. The summed E-state index contributed by atoms with van der Waals surface area (Å²) >= 11 is 0. The zero-order valence-corrected chi connectivity index (χ0v) is 14.2. The third kappa shape index (κ3) is 5.62. The average molecular weight is 276 g/mol. The predicted octanol–water partition coefficient (Wildman–Crippen LogP) is 4.37. The standard InChI is InChI=1S/C18H32N2/c1-7-10-19-16(12-15(3)18(4,5)6)13-17-14(2)9-8-11-20-17/h8-9,11,15-16,19H,7,10,12-13H2,1-6H3. The second-order valence-corrected chi connectivity index (χ2v) is 7.12. The normalized spacial score (nSPS) is 15.1. The first-order valence-electron chi connectivity index (χ1n) is 7.98. The lowest BCUT2D eigenvalue weighted by atomic mass is 9.78. The molecule has 0 aromatic carbocycles. The zero-order valence-electron chi connectivity index (χ0n) is 14.2. The second kappa shape index (κ2) is 7.78. The van der Waals surface area contributed by atoms with Gasteiger partial charge in [0, 0.05) is 24.4 Å². The molecule has 0 spiro atoms. The lowest BCUT2D eigenvalue weighted by molar-refractivity contribution is 0.221. The summed E-state index contributed by atoms with van der Waals surface area (Å²) in [6.45, 7) is 14.8. The van der Waals surface area contributed by atoms with Crippen LogP contribution in [-0.2, 0) is 6.42 Å². The maximum absolute atomic E-state index is 4.56. The minimum Gasteiger partial charge on any atom is -0.314 e. The van der Waals surface area contributed by atoms with Crippen LogP contribution in [0.4, 0.5) is 0 Å². The van der Waals surface area contributed by atoms with Crippen LogP contribution in [0.15, 0.2) is 18.3 Å². The molecule has 2 nitrogen and oxygen atoms in total. The van der Waals surface area contributed by atoms with E-state index >= 15 is 0 Å². The van der Waals surface area contributed by atoms with Crippen LogP contribution < -0.4 is 5.32 Å². The molecule has 0 bridgehead atoms. The summed E-state index contributed by atoms with van der Waals surface area (Å²) in [6.07, 6.45) is 5.33. The zero-order chi connectivity index (χ0) is 15.2. The molecule has 1 heterocycles. The summed E-state index contributed by atoms with van der Waals surface area (Å²) in [4.78, 5) is 4.56. The number of aromatic nitrogens is 1. The molecule has 2 atom stereocenters. The highest BCUT2D eigenvalue weighted by Gasteiger charge is 2.24. The molecule has 1 N–H and O–H groups in total. The molecule has 1 aromatic heterocycles. The first-order chi connectivity index (χ1) is 9.34. The first kappa shape index (κ1) is 17.2. The van der Waals surface area contributed by atoms with Gasteiger partial charge in [0.1, 0.15) is 0 Å². The number of pyridine rings is 1. The fraction of sp³-hybridized carbons (Fsp3) is 0.722. The van der Waals surface area contributed by atoms with Crippen LogP contribution in [0, 0.1) is 18.3 Å². The van der Waals surface area contributed by atoms with Crippen LogP contribution in [0.2, 0.25) is 0 Å². The van der Waals surface area contributed by atoms with Crippen LogP contribution in [0.3, 0.4) is 0 Å². The van der Waals surface area contributed by atoms with Crippen molar-refractivity contribution in [2.45, 2.75) is 66.8 Å². The molecular formula is C18H32N2. The van der Waals surface area contributed by atoms with E-state index in [9.17, 15) is 0 Å². The van der Waals surface area contributed by atoms with Crippen LogP contribution in [0.25, 0.3) is 0 Å². The Labute approximate surface area is 125 Å². The summed E-state index contributed by atoms with van der Waals surface area (Å²) in [5, 5.41) is 3.71. The van der Waals surface area contributed by atoms with Gasteiger partial charge in [0.25, 0.3) is 0 Å². The van der Waals surface area contributed by atoms with Gasteiger partial charge < -0.3 is 5.32 Å². The van der Waals surface area contributed by atoms with E-state index < -0.39 is 0 Å². The summed E-state index contributed by atoms with van der Waals surface area (Å²) in [6, 6.07) is 4.70. The van der Waals surface area contributed by atoms with Crippen molar-refractivity contribution in [3.05, 3.63) is 29.6 Å². The number of hydrogen-bond acceptors (Lipinski definition) is 2. The SMILES string of the molecule is CCCNC(Cc1ncccc1C)CC(C)C(C)(C)C. The molecule has 20 heavy (non-hydrogen) atoms. The van der Waals surface area contributed by atoms with Crippen LogP contribution >= 0.6 is 0 Å². The average Bonchev–Trinajstić information content (AvgIpc) is 2.37. The van der Waals surface area contributed by atoms with E-state index in [0.717, 1.165) is 13.0 Å². The number of nitrogens with zero attached hydrogens (tertiary/aromatic N) is 1. The molecule has 0 aliphatic carbocycles. The Hall–Kier alpha value is -0.890. The summed E-state index contributed by atoms with van der Waals surface area (Å²) in [5.74, 6) is 0.695. The predicted molar refractivity (Wildman–Crippen MR) is 88.0 cm³/mol. The highest BCUT2D eigenvalue weighted by molar-refractivity contribution is 5.18. The van der Waals surface area contributed by atoms with E-state index in [0.29, 0.717) is 17.4 Å². The largest absolute Gasteiger partial charge is 0.314 e. The fourth-order valence-corrected chi connectivity index (χ4v) is 2.33. The Kier molecular flexibility index (Phi) is 6.67. The van der Waals surface area contributed by atoms with Crippen LogP contribution in [0.1, 0.15) is 58.7 Å². The van der Waals surface area contributed by atoms with Gasteiger partial charge in [-0.2, -0.15) is 0 Å². The van der Waals surface area contributed by atoms with Crippen LogP contribution in [-0.4, -0.2) is 17.6 Å². The molecule has 0 fully saturated rings. The molecule has 2 heteroatoms. The fourth-order valence-electron chi connectivity index (χ4n) is 2.33. The van der Waals surface area contributed by atoms with Crippen molar-refractivity contribution in [3.8, 4) is 0 Å². The van der Waals surface area contributed by atoms with Crippen molar-refractivity contribution in [2.75, 3.05) is 6.54 Å². The van der Waals surface area contributed by atoms with Crippen molar-refractivity contribution >= 4 is 0 Å². The van der Waals surface area contributed by atoms with Gasteiger partial charge in [-0.25, -0.2) is 0 Å². The van der Waals surface area contributed by atoms with Gasteiger partial charge in [0.05, 0.1) is 0 Å². The summed E-state index contributed by atoms with van der Waals surface area (Å²) < 4.78 is 0. The van der Waals surface area contributed by atoms with Crippen molar-refractivity contribution in [3.63, 3.8) is 0 Å². The molecule has 0 saturated heterocycles. The molecular weight excluding hydrogens is 244 g/mol. The van der Waals surface area contributed by atoms with Gasteiger partial charge in [-0.05, 0) is 49.3 Å². The minimum atomic E-state index is 0.366. The quantitative estimate of drug-likeness (QED) is 0.799. The highest BCUT2D eigenvalue weighted by Crippen LogP contribution is 2.29. The third-order valence-electron chi connectivity index (χ3n) is 4.36. The highest BCUT2D eigenvalue weighted by atomic mass is 14.9. The first-order valence-corrected chi connectivity index (χ1v) is 7.98. The smallest absolute Gasteiger partial charge is 0.0448 e. The lowest BCUT2D eigenvalue weighted by Crippen LogP contribution is -2.36. The van der Waals surface area contributed by atoms with Crippen molar-refractivity contribution in [1.29, 1.82) is 0 Å². The molecule has 1 rings (SSSR count). The van der Waals surface area contributed by atoms with Gasteiger partial charge in [0.15, 0.2) is 0 Å². The van der Waals surface area contributed by atoms with Gasteiger partial charge in [0.2, 0.25) is 0 Å². The molecule has 114 valence electrons. The number of nitrogens with one attached hydrogen (secondary N) is 1. The molecule has 0 saturated carbocycles. The van der Waals surface area contributed by atoms with E-state index in [1.807, 2.05) is 12.3 Å². The van der Waals surface area contributed by atoms with Gasteiger partial charge in [-0.1, -0.05) is 40.7 Å². The molecule has 0 radical (unpaired) electrons. The van der Waals surface area contributed by atoms with Gasteiger partial charge >= 0.3 is 0 Å². The third-order valence-corrected chi connectivity index (χ3v) is 4.36. The van der Waals surface area contributed by atoms with E-state index in [1.54, 1.807) is 0 Å². The van der Waals surface area contributed by atoms with E-state index in [1.165, 1.54) is 24.1 Å². The van der Waals surface area contributed by atoms with Crippen molar-refractivity contribution < 1.29 is 0 Å². The number of rotatable bonds is 7. The Morgan fingerprint density at radius 2 is 2.00 bits per heavy atom. The Morgan fingerprint density at radius 1 is 1.30 bits per heavy atom. The Balaban J connectivity index is 2.72. The van der Waals surface area contributed by atoms with E-state index in [4.69, 9.17) is 0 Å². The maximum Gasteiger partial charge on any atom is 0.0448 e. The van der Waals surface area contributed by atoms with Crippen molar-refractivity contribution in [1.82, 2.24) is 10.3 Å². The molecule has 0 aliphatic rings. The molecule has 2 unspecified atom stereocenters. The summed E-state index contributed by atoms with van der Waals surface area (Å²) in [7, 11) is 0. The topological polar surface area (TPSA) is 24.9 Å². The molecule has 0 aliphatic heterocycles. The van der Waals surface area contributed by atoms with Crippen LogP contribution in [0.5, 0.6) is 0 Å². The number of hydrogen-bond donors (Lipinski definition) is 1. The molecule has 0 amide bonds. The number of aryl methyl sites for hydroxylation is 1. The second-order valence-electron chi connectivity index (χ2n) is 7.12. The Morgan fingerprint density at radius 3 is 2.55 bits per heavy atom. The van der Waals surface area contributed by atoms with E-state index in [2.05, 4.69) is 57.9 Å². The monoisotopic (exact) mass is 276 g/mol. The van der Waals surface area contributed by atoms with Gasteiger partial charge in [-0.3, -0.25) is 4.98 Å². The lowest BCUT2D eigenvalue weighted by Gasteiger charge is -2.31. The van der Waals surface area contributed by atoms with E-state index in [-0.39, 0.29) is 0 Å².